The van der Waals surface area contributed by atoms with Crippen molar-refractivity contribution in [2.75, 3.05) is 19.0 Å². The van der Waals surface area contributed by atoms with Gasteiger partial charge in [-0.25, -0.2) is 0 Å². The fraction of sp³-hybridized carbons (Fsp3) is 0.333. The van der Waals surface area contributed by atoms with E-state index in [-0.39, 0.29) is 11.4 Å². The highest BCUT2D eigenvalue weighted by molar-refractivity contribution is 6.31. The summed E-state index contributed by atoms with van der Waals surface area (Å²) >= 11 is 5.76. The molecule has 0 spiro atoms. The average molecular weight is 231 g/mol. The molecule has 5 nitrogen and oxygen atoms in total. The number of hydrogen-bond acceptors (Lipinski definition) is 4. The molecule has 0 aliphatic rings. The Balaban J connectivity index is 3.31. The van der Waals surface area contributed by atoms with E-state index < -0.39 is 4.92 Å². The van der Waals surface area contributed by atoms with Gasteiger partial charge in [0.2, 0.25) is 5.75 Å². The van der Waals surface area contributed by atoms with E-state index in [0.717, 1.165) is 0 Å². The minimum Gasteiger partial charge on any atom is -0.489 e. The van der Waals surface area contributed by atoms with E-state index in [1.807, 2.05) is 6.92 Å². The molecule has 0 atom stereocenters. The van der Waals surface area contributed by atoms with Crippen molar-refractivity contribution in [1.29, 1.82) is 0 Å². The van der Waals surface area contributed by atoms with Crippen LogP contribution in [0.5, 0.6) is 5.75 Å². The van der Waals surface area contributed by atoms with Crippen LogP contribution in [0.15, 0.2) is 12.1 Å². The van der Waals surface area contributed by atoms with Crippen molar-refractivity contribution < 1.29 is 9.66 Å². The maximum atomic E-state index is 10.7. The average Bonchev–Trinajstić information content (AvgIpc) is 2.17. The quantitative estimate of drug-likeness (QED) is 0.638. The molecule has 0 bridgehead atoms. The van der Waals surface area contributed by atoms with E-state index in [9.17, 15) is 10.1 Å². The monoisotopic (exact) mass is 230 g/mol. The molecular formula is C9H11ClN2O3. The first-order valence-electron chi connectivity index (χ1n) is 4.36. The van der Waals surface area contributed by atoms with E-state index in [0.29, 0.717) is 17.3 Å². The SMILES string of the molecule is CCNc1cc(Cl)cc([N+](=O)[O-])c1OC. The van der Waals surface area contributed by atoms with Crippen LogP contribution in [0.2, 0.25) is 5.02 Å². The number of benzene rings is 1. The number of rotatable bonds is 4. The molecule has 0 saturated carbocycles. The van der Waals surface area contributed by atoms with Crippen LogP contribution in [0.3, 0.4) is 0 Å². The molecule has 1 aromatic carbocycles. The van der Waals surface area contributed by atoms with Gasteiger partial charge in [-0.05, 0) is 13.0 Å². The van der Waals surface area contributed by atoms with Crippen molar-refractivity contribution in [2.24, 2.45) is 0 Å². The first-order valence-corrected chi connectivity index (χ1v) is 4.73. The Bertz CT molecular complexity index is 382. The Labute approximate surface area is 92.1 Å². The fourth-order valence-corrected chi connectivity index (χ4v) is 1.46. The maximum absolute atomic E-state index is 10.7. The number of nitrogens with one attached hydrogen (secondary N) is 1. The lowest BCUT2D eigenvalue weighted by atomic mass is 10.2. The summed E-state index contributed by atoms with van der Waals surface area (Å²) in [5.74, 6) is 0.200. The van der Waals surface area contributed by atoms with E-state index in [2.05, 4.69) is 5.32 Å². The van der Waals surface area contributed by atoms with Gasteiger partial charge in [-0.2, -0.15) is 0 Å². The number of halogens is 1. The Hall–Kier alpha value is -1.49. The third-order valence-electron chi connectivity index (χ3n) is 1.80. The van der Waals surface area contributed by atoms with Crippen LogP contribution in [0, 0.1) is 10.1 Å². The van der Waals surface area contributed by atoms with Gasteiger partial charge in [0.25, 0.3) is 0 Å². The van der Waals surface area contributed by atoms with Gasteiger partial charge in [0.15, 0.2) is 0 Å². The van der Waals surface area contributed by atoms with Crippen molar-refractivity contribution in [3.63, 3.8) is 0 Å². The highest BCUT2D eigenvalue weighted by Crippen LogP contribution is 2.37. The second kappa shape index (κ2) is 4.84. The van der Waals surface area contributed by atoms with Crippen LogP contribution >= 0.6 is 11.6 Å². The number of ether oxygens (including phenoxy) is 1. The third-order valence-corrected chi connectivity index (χ3v) is 2.02. The van der Waals surface area contributed by atoms with Gasteiger partial charge in [0.1, 0.15) is 0 Å². The smallest absolute Gasteiger partial charge is 0.314 e. The number of nitro groups is 1. The molecule has 0 amide bonds. The van der Waals surface area contributed by atoms with Gasteiger partial charge in [-0.15, -0.1) is 0 Å². The highest BCUT2D eigenvalue weighted by atomic mass is 35.5. The fourth-order valence-electron chi connectivity index (χ4n) is 1.25. The van der Waals surface area contributed by atoms with Gasteiger partial charge >= 0.3 is 5.69 Å². The number of hydrogen-bond donors (Lipinski definition) is 1. The maximum Gasteiger partial charge on any atom is 0.314 e. The zero-order chi connectivity index (χ0) is 11.4. The van der Waals surface area contributed by atoms with Gasteiger partial charge in [-0.1, -0.05) is 11.6 Å². The van der Waals surface area contributed by atoms with Crippen LogP contribution in [-0.2, 0) is 0 Å². The van der Waals surface area contributed by atoms with Crippen LogP contribution in [-0.4, -0.2) is 18.6 Å². The molecule has 0 radical (unpaired) electrons. The minimum atomic E-state index is -0.522. The van der Waals surface area contributed by atoms with Crippen LogP contribution in [0.1, 0.15) is 6.92 Å². The lowest BCUT2D eigenvalue weighted by molar-refractivity contribution is -0.385. The molecule has 82 valence electrons. The molecule has 0 aromatic heterocycles. The zero-order valence-corrected chi connectivity index (χ0v) is 9.17. The largest absolute Gasteiger partial charge is 0.489 e. The molecule has 1 rings (SSSR count). The second-order valence-electron chi connectivity index (χ2n) is 2.79. The summed E-state index contributed by atoms with van der Waals surface area (Å²) in [7, 11) is 1.39. The molecule has 1 aromatic rings. The summed E-state index contributed by atoms with van der Waals surface area (Å²) in [4.78, 5) is 10.2. The Morgan fingerprint density at radius 2 is 2.27 bits per heavy atom. The molecule has 0 saturated heterocycles. The molecule has 0 heterocycles. The Kier molecular flexibility index (Phi) is 3.74. The van der Waals surface area contributed by atoms with Crippen LogP contribution in [0.4, 0.5) is 11.4 Å². The van der Waals surface area contributed by atoms with Crippen molar-refractivity contribution in [3.05, 3.63) is 27.3 Å². The first-order chi connectivity index (χ1) is 7.10. The van der Waals surface area contributed by atoms with E-state index >= 15 is 0 Å². The standard InChI is InChI=1S/C9H11ClN2O3/c1-3-11-7-4-6(10)5-8(12(13)14)9(7)15-2/h4-5,11H,3H2,1-2H3. The van der Waals surface area contributed by atoms with Crippen molar-refractivity contribution in [1.82, 2.24) is 0 Å². The summed E-state index contributed by atoms with van der Waals surface area (Å²) in [6.45, 7) is 2.51. The molecular weight excluding hydrogens is 220 g/mol. The lowest BCUT2D eigenvalue weighted by Crippen LogP contribution is -2.02. The Morgan fingerprint density at radius 3 is 2.73 bits per heavy atom. The second-order valence-corrected chi connectivity index (χ2v) is 3.23. The Morgan fingerprint density at radius 1 is 1.60 bits per heavy atom. The molecule has 1 N–H and O–H groups in total. The molecule has 0 unspecified atom stereocenters. The molecule has 0 aliphatic carbocycles. The van der Waals surface area contributed by atoms with Crippen molar-refractivity contribution >= 4 is 23.0 Å². The molecule has 0 fully saturated rings. The van der Waals surface area contributed by atoms with Crippen molar-refractivity contribution in [3.8, 4) is 5.75 Å². The number of nitro benzene ring substituents is 1. The highest BCUT2D eigenvalue weighted by Gasteiger charge is 2.19. The topological polar surface area (TPSA) is 64.4 Å². The summed E-state index contributed by atoms with van der Waals surface area (Å²) in [5.41, 5.74) is 0.389. The van der Waals surface area contributed by atoms with Gasteiger partial charge in [-0.3, -0.25) is 10.1 Å². The van der Waals surface area contributed by atoms with Gasteiger partial charge in [0.05, 0.1) is 17.7 Å². The molecule has 6 heteroatoms. The van der Waals surface area contributed by atoms with Crippen LogP contribution < -0.4 is 10.1 Å². The van der Waals surface area contributed by atoms with Crippen LogP contribution in [0.25, 0.3) is 0 Å². The summed E-state index contributed by atoms with van der Waals surface area (Å²) in [6, 6.07) is 2.86. The minimum absolute atomic E-state index is 0.138. The van der Waals surface area contributed by atoms with E-state index in [1.54, 1.807) is 6.07 Å². The van der Waals surface area contributed by atoms with E-state index in [1.165, 1.54) is 13.2 Å². The normalized spacial score (nSPS) is 9.80. The first kappa shape index (κ1) is 11.6. The predicted molar refractivity (Wildman–Crippen MR) is 58.8 cm³/mol. The summed E-state index contributed by atoms with van der Waals surface area (Å²) < 4.78 is 4.98. The summed E-state index contributed by atoms with van der Waals surface area (Å²) in [5, 5.41) is 14.0. The molecule has 0 aliphatic heterocycles. The zero-order valence-electron chi connectivity index (χ0n) is 8.41. The summed E-state index contributed by atoms with van der Waals surface area (Å²) in [6.07, 6.45) is 0. The van der Waals surface area contributed by atoms with Gasteiger partial charge in [0, 0.05) is 17.6 Å². The lowest BCUT2D eigenvalue weighted by Gasteiger charge is -2.10. The number of anilines is 1. The van der Waals surface area contributed by atoms with E-state index in [4.69, 9.17) is 16.3 Å². The predicted octanol–water partition coefficient (Wildman–Crippen LogP) is 2.69. The number of nitrogens with zero attached hydrogens (tertiary/aromatic N) is 1. The number of methoxy groups -OCH3 is 1. The van der Waals surface area contributed by atoms with Gasteiger partial charge < -0.3 is 10.1 Å². The molecule has 15 heavy (non-hydrogen) atoms. The van der Waals surface area contributed by atoms with Crippen molar-refractivity contribution in [2.45, 2.75) is 6.92 Å². The third kappa shape index (κ3) is 2.50.